The van der Waals surface area contributed by atoms with Crippen molar-refractivity contribution in [3.63, 3.8) is 0 Å². The van der Waals surface area contributed by atoms with E-state index in [1.54, 1.807) is 6.92 Å². The molecule has 0 aliphatic carbocycles. The van der Waals surface area contributed by atoms with Gasteiger partial charge in [0.15, 0.2) is 6.61 Å². The van der Waals surface area contributed by atoms with Crippen molar-refractivity contribution in [1.82, 2.24) is 0 Å². The number of hydrogen-bond donors (Lipinski definition) is 0. The van der Waals surface area contributed by atoms with E-state index in [0.717, 1.165) is 25.7 Å². The second-order valence-electron chi connectivity index (χ2n) is 6.24. The van der Waals surface area contributed by atoms with E-state index in [1.165, 1.54) is 0 Å². The lowest BCUT2D eigenvalue weighted by atomic mass is 10.1. The minimum atomic E-state index is -6.48. The van der Waals surface area contributed by atoms with Crippen molar-refractivity contribution in [3.8, 4) is 0 Å². The van der Waals surface area contributed by atoms with Crippen LogP contribution < -0.4 is 0 Å². The number of hydrogen-bond acceptors (Lipinski definition) is 4. The fourth-order valence-electron chi connectivity index (χ4n) is 1.97. The van der Waals surface area contributed by atoms with Crippen molar-refractivity contribution in [3.05, 3.63) is 12.2 Å². The highest BCUT2D eigenvalue weighted by molar-refractivity contribution is 5.91. The van der Waals surface area contributed by atoms with E-state index in [9.17, 15) is 44.7 Å². The predicted octanol–water partition coefficient (Wildman–Crippen LogP) is 5.16. The largest absolute Gasteiger partial charge is 0.460 e. The van der Waals surface area contributed by atoms with Crippen LogP contribution >= 0.6 is 0 Å². The fraction of sp³-hybridized carbons (Fsp3) is 0.765. The van der Waals surface area contributed by atoms with Gasteiger partial charge >= 0.3 is 36.1 Å². The molecule has 12 heteroatoms. The Labute approximate surface area is 162 Å². The predicted molar refractivity (Wildman–Crippen MR) is 85.3 cm³/mol. The molecule has 0 heterocycles. The maximum Gasteiger partial charge on any atom is 0.381 e. The van der Waals surface area contributed by atoms with Gasteiger partial charge in [-0.1, -0.05) is 26.2 Å². The Bertz CT molecular complexity index is 564. The molecule has 170 valence electrons. The molecule has 0 N–H and O–H groups in total. The van der Waals surface area contributed by atoms with Crippen molar-refractivity contribution in [1.29, 1.82) is 0 Å². The zero-order chi connectivity index (χ0) is 22.9. The van der Waals surface area contributed by atoms with E-state index in [-0.39, 0.29) is 6.08 Å². The highest BCUT2D eigenvalue weighted by atomic mass is 19.4. The monoisotopic (exact) mass is 442 g/mol. The average Bonchev–Trinajstić information content (AvgIpc) is 2.61. The van der Waals surface area contributed by atoms with E-state index in [1.807, 2.05) is 6.92 Å². The molecule has 0 aromatic rings. The summed E-state index contributed by atoms with van der Waals surface area (Å²) in [6.45, 7) is 0.977. The van der Waals surface area contributed by atoms with Gasteiger partial charge in [0, 0.05) is 12.2 Å². The Balaban J connectivity index is 4.61. The second-order valence-corrected chi connectivity index (χ2v) is 6.24. The SMILES string of the molecule is CCCCCCC(C)OC(=O)/C=C/C(=O)OCC(F)(F)C(F)(F)C(F)(F)C(F)F. The molecule has 1 atom stereocenters. The van der Waals surface area contributed by atoms with Gasteiger partial charge < -0.3 is 9.47 Å². The van der Waals surface area contributed by atoms with Gasteiger partial charge in [-0.25, -0.2) is 18.4 Å². The first-order chi connectivity index (χ1) is 13.2. The Hall–Kier alpha value is -1.88. The zero-order valence-electron chi connectivity index (χ0n) is 15.7. The summed E-state index contributed by atoms with van der Waals surface area (Å²) in [5.74, 6) is -21.4. The molecule has 0 aromatic carbocycles. The van der Waals surface area contributed by atoms with Gasteiger partial charge in [-0.15, -0.1) is 0 Å². The van der Waals surface area contributed by atoms with Crippen molar-refractivity contribution < 1.29 is 54.2 Å². The third-order valence-electron chi connectivity index (χ3n) is 3.68. The molecule has 0 radical (unpaired) electrons. The number of esters is 2. The smallest absolute Gasteiger partial charge is 0.381 e. The zero-order valence-corrected chi connectivity index (χ0v) is 15.7. The van der Waals surface area contributed by atoms with E-state index in [2.05, 4.69) is 4.74 Å². The summed E-state index contributed by atoms with van der Waals surface area (Å²) in [5, 5.41) is 0. The minimum Gasteiger partial charge on any atom is -0.460 e. The van der Waals surface area contributed by atoms with Crippen LogP contribution in [-0.4, -0.2) is 48.8 Å². The molecule has 0 amide bonds. The molecule has 0 saturated heterocycles. The van der Waals surface area contributed by atoms with Crippen LogP contribution in [0.4, 0.5) is 35.1 Å². The molecule has 0 aliphatic heterocycles. The van der Waals surface area contributed by atoms with Gasteiger partial charge in [0.05, 0.1) is 6.10 Å². The van der Waals surface area contributed by atoms with Crippen molar-refractivity contribution in [2.75, 3.05) is 6.61 Å². The summed E-state index contributed by atoms with van der Waals surface area (Å²) in [7, 11) is 0. The summed E-state index contributed by atoms with van der Waals surface area (Å²) >= 11 is 0. The first-order valence-corrected chi connectivity index (χ1v) is 8.66. The fourth-order valence-corrected chi connectivity index (χ4v) is 1.97. The van der Waals surface area contributed by atoms with Crippen molar-refractivity contribution in [2.24, 2.45) is 0 Å². The van der Waals surface area contributed by atoms with Crippen LogP contribution in [0.3, 0.4) is 0 Å². The van der Waals surface area contributed by atoms with E-state index < -0.39 is 48.8 Å². The van der Waals surface area contributed by atoms with Crippen molar-refractivity contribution in [2.45, 2.75) is 76.2 Å². The second kappa shape index (κ2) is 11.3. The van der Waals surface area contributed by atoms with E-state index in [0.29, 0.717) is 12.5 Å². The normalized spacial score (nSPS) is 14.3. The van der Waals surface area contributed by atoms with Gasteiger partial charge in [-0.3, -0.25) is 0 Å². The Morgan fingerprint density at radius 3 is 2.00 bits per heavy atom. The lowest BCUT2D eigenvalue weighted by molar-refractivity contribution is -0.344. The number of halogens is 8. The molecule has 0 bridgehead atoms. The average molecular weight is 442 g/mol. The molecule has 1 unspecified atom stereocenters. The molecular formula is C17H22F8O4. The van der Waals surface area contributed by atoms with Crippen LogP contribution in [-0.2, 0) is 19.1 Å². The Kier molecular flexibility index (Phi) is 10.6. The quantitative estimate of drug-likeness (QED) is 0.171. The first kappa shape index (κ1) is 27.1. The van der Waals surface area contributed by atoms with Crippen LogP contribution in [0, 0.1) is 0 Å². The summed E-state index contributed by atoms with van der Waals surface area (Å²) in [5.41, 5.74) is 0. The Morgan fingerprint density at radius 2 is 1.48 bits per heavy atom. The van der Waals surface area contributed by atoms with Gasteiger partial charge in [0.25, 0.3) is 0 Å². The number of unbranched alkanes of at least 4 members (excludes halogenated alkanes) is 3. The molecule has 0 aliphatic rings. The van der Waals surface area contributed by atoms with Crippen LogP contribution in [0.25, 0.3) is 0 Å². The van der Waals surface area contributed by atoms with Crippen LogP contribution in [0.15, 0.2) is 12.2 Å². The molecule has 4 nitrogen and oxygen atoms in total. The molecule has 29 heavy (non-hydrogen) atoms. The van der Waals surface area contributed by atoms with E-state index >= 15 is 0 Å². The topological polar surface area (TPSA) is 52.6 Å². The Morgan fingerprint density at radius 1 is 0.931 bits per heavy atom. The van der Waals surface area contributed by atoms with Gasteiger partial charge in [-0.2, -0.15) is 26.3 Å². The molecular weight excluding hydrogens is 420 g/mol. The minimum absolute atomic E-state index is 0.256. The molecule has 0 spiro atoms. The standard InChI is InChI=1S/C17H22F8O4/c1-3-4-5-6-7-11(2)29-13(27)9-8-12(26)28-10-15(20,21)17(24,25)16(22,23)14(18)19/h8-9,11,14H,3-7,10H2,1-2H3/b9-8+. The third kappa shape index (κ3) is 8.17. The van der Waals surface area contributed by atoms with Gasteiger partial charge in [0.2, 0.25) is 0 Å². The number of rotatable bonds is 13. The van der Waals surface area contributed by atoms with Crippen molar-refractivity contribution >= 4 is 11.9 Å². The van der Waals surface area contributed by atoms with Crippen LogP contribution in [0.2, 0.25) is 0 Å². The summed E-state index contributed by atoms with van der Waals surface area (Å²) in [6.07, 6.45) is -0.630. The van der Waals surface area contributed by atoms with E-state index in [4.69, 9.17) is 4.74 Å². The molecule has 0 aromatic heterocycles. The molecule has 0 rings (SSSR count). The number of ether oxygens (including phenoxy) is 2. The van der Waals surface area contributed by atoms with Crippen LogP contribution in [0.5, 0.6) is 0 Å². The lowest BCUT2D eigenvalue weighted by Crippen LogP contribution is -2.59. The number of carbonyl (C=O) groups is 2. The molecule has 0 fully saturated rings. The number of alkyl halides is 8. The maximum absolute atomic E-state index is 13.2. The first-order valence-electron chi connectivity index (χ1n) is 8.66. The summed E-state index contributed by atoms with van der Waals surface area (Å²) in [6, 6.07) is 0. The molecule has 0 saturated carbocycles. The maximum atomic E-state index is 13.2. The highest BCUT2D eigenvalue weighted by Crippen LogP contribution is 2.48. The van der Waals surface area contributed by atoms with Gasteiger partial charge in [0.1, 0.15) is 0 Å². The van der Waals surface area contributed by atoms with Crippen LogP contribution in [0.1, 0.15) is 46.0 Å². The lowest BCUT2D eigenvalue weighted by Gasteiger charge is -2.31. The van der Waals surface area contributed by atoms with Gasteiger partial charge in [-0.05, 0) is 19.8 Å². The third-order valence-corrected chi connectivity index (χ3v) is 3.68. The summed E-state index contributed by atoms with van der Waals surface area (Å²) < 4.78 is 110. The summed E-state index contributed by atoms with van der Waals surface area (Å²) in [4.78, 5) is 22.6. The number of carbonyl (C=O) groups excluding carboxylic acids is 2. The highest BCUT2D eigenvalue weighted by Gasteiger charge is 2.75.